The van der Waals surface area contributed by atoms with E-state index >= 15 is 0 Å². The molecule has 3 aromatic rings. The number of aromatic nitrogens is 3. The average Bonchev–Trinajstić information content (AvgIpc) is 3.22. The Morgan fingerprint density at radius 1 is 1.06 bits per heavy atom. The van der Waals surface area contributed by atoms with Crippen LogP contribution in [0.3, 0.4) is 0 Å². The molecular weight excluding hydrogens is 490 g/mol. The van der Waals surface area contributed by atoms with Crippen LogP contribution < -0.4 is 11.0 Å². The molecule has 1 aliphatic rings. The monoisotopic (exact) mass is 514 g/mol. The van der Waals surface area contributed by atoms with E-state index in [0.717, 1.165) is 5.56 Å². The Morgan fingerprint density at radius 2 is 1.67 bits per heavy atom. The number of aromatic amines is 2. The van der Waals surface area contributed by atoms with Gasteiger partial charge in [0.15, 0.2) is 0 Å². The summed E-state index contributed by atoms with van der Waals surface area (Å²) < 4.78 is 85.5. The van der Waals surface area contributed by atoms with E-state index in [-0.39, 0.29) is 24.3 Å². The van der Waals surface area contributed by atoms with E-state index in [9.17, 15) is 31.1 Å². The Bertz CT molecular complexity index is 1200. The highest BCUT2D eigenvalue weighted by Gasteiger charge is 2.46. The maximum absolute atomic E-state index is 13.3. The van der Waals surface area contributed by atoms with Crippen molar-refractivity contribution in [2.45, 2.75) is 56.2 Å². The van der Waals surface area contributed by atoms with Crippen molar-refractivity contribution < 1.29 is 31.1 Å². The molecule has 0 saturated heterocycles. The third kappa shape index (κ3) is 5.81. The Balaban J connectivity index is 1.49. The van der Waals surface area contributed by atoms with Crippen molar-refractivity contribution in [3.63, 3.8) is 0 Å². The number of H-pyrrole nitrogens is 2. The number of halogens is 6. The standard InChI is InChI=1S/C24H24F6N4O2/c1-14(15-7-17(23(25,26)27)9-18(8-15)24(28,29)30)36-13-22(16-5-3-2-4-6-16)10-19(11-22)31-12-20-32-21(35)34-33-20/h2-9,14,19,31H,10-13H2,1H3,(H2,32,33,34,35)/t14-,19?,22?/m1/s1. The minimum atomic E-state index is -4.92. The summed E-state index contributed by atoms with van der Waals surface area (Å²) in [6, 6.07) is 11.0. The van der Waals surface area contributed by atoms with Gasteiger partial charge in [-0.2, -0.15) is 31.4 Å². The Hall–Kier alpha value is -3.12. The lowest BCUT2D eigenvalue weighted by Crippen LogP contribution is -2.54. The lowest BCUT2D eigenvalue weighted by atomic mass is 9.62. The molecule has 1 fully saturated rings. The number of hydrogen-bond acceptors (Lipinski definition) is 4. The molecule has 12 heteroatoms. The molecule has 1 aliphatic carbocycles. The Labute approximate surface area is 202 Å². The van der Waals surface area contributed by atoms with Crippen molar-refractivity contribution in [2.75, 3.05) is 6.61 Å². The third-order valence-electron chi connectivity index (χ3n) is 6.46. The van der Waals surface area contributed by atoms with Crippen molar-refractivity contribution in [3.05, 3.63) is 87.1 Å². The highest BCUT2D eigenvalue weighted by molar-refractivity contribution is 5.35. The fourth-order valence-corrected chi connectivity index (χ4v) is 4.48. The molecule has 4 rings (SSSR count). The minimum absolute atomic E-state index is 0.0507. The van der Waals surface area contributed by atoms with Crippen LogP contribution in [0.25, 0.3) is 0 Å². The predicted octanol–water partition coefficient (Wildman–Crippen LogP) is 5.10. The van der Waals surface area contributed by atoms with Gasteiger partial charge < -0.3 is 10.1 Å². The number of alkyl halides is 6. The summed E-state index contributed by atoms with van der Waals surface area (Å²) in [5, 5.41) is 9.41. The number of rotatable bonds is 8. The van der Waals surface area contributed by atoms with Crippen molar-refractivity contribution in [1.29, 1.82) is 0 Å². The van der Waals surface area contributed by atoms with Crippen molar-refractivity contribution in [3.8, 4) is 0 Å². The fourth-order valence-electron chi connectivity index (χ4n) is 4.48. The van der Waals surface area contributed by atoms with Crippen LogP contribution in [-0.2, 0) is 29.0 Å². The van der Waals surface area contributed by atoms with Gasteiger partial charge in [0.2, 0.25) is 0 Å². The van der Waals surface area contributed by atoms with E-state index in [1.54, 1.807) is 0 Å². The molecule has 0 aliphatic heterocycles. The van der Waals surface area contributed by atoms with Gasteiger partial charge in [-0.3, -0.25) is 4.98 Å². The van der Waals surface area contributed by atoms with E-state index in [2.05, 4.69) is 20.5 Å². The van der Waals surface area contributed by atoms with Gasteiger partial charge in [-0.15, -0.1) is 0 Å². The van der Waals surface area contributed by atoms with Gasteiger partial charge >= 0.3 is 18.0 Å². The van der Waals surface area contributed by atoms with Crippen molar-refractivity contribution in [2.24, 2.45) is 0 Å². The summed E-state index contributed by atoms with van der Waals surface area (Å²) in [7, 11) is 0. The molecule has 2 aromatic carbocycles. The minimum Gasteiger partial charge on any atom is -0.373 e. The number of nitrogens with one attached hydrogen (secondary N) is 3. The van der Waals surface area contributed by atoms with Gasteiger partial charge in [-0.25, -0.2) is 9.89 Å². The molecule has 0 spiro atoms. The van der Waals surface area contributed by atoms with Gasteiger partial charge in [0.1, 0.15) is 5.82 Å². The second-order valence-electron chi connectivity index (χ2n) is 9.05. The molecule has 0 radical (unpaired) electrons. The molecule has 36 heavy (non-hydrogen) atoms. The van der Waals surface area contributed by atoms with Crippen LogP contribution in [-0.4, -0.2) is 27.8 Å². The zero-order chi connectivity index (χ0) is 26.1. The second kappa shape index (κ2) is 9.74. The Kier molecular flexibility index (Phi) is 7.02. The average molecular weight is 514 g/mol. The van der Waals surface area contributed by atoms with Crippen LogP contribution in [0.1, 0.15) is 53.9 Å². The highest BCUT2D eigenvalue weighted by atomic mass is 19.4. The first-order valence-corrected chi connectivity index (χ1v) is 11.2. The summed E-state index contributed by atoms with van der Waals surface area (Å²) in [5.41, 5.74) is -2.86. The quantitative estimate of drug-likeness (QED) is 0.365. The van der Waals surface area contributed by atoms with Crippen LogP contribution >= 0.6 is 0 Å². The number of ether oxygens (including phenoxy) is 1. The lowest BCUT2D eigenvalue weighted by molar-refractivity contribution is -0.143. The number of benzene rings is 2. The number of nitrogens with zero attached hydrogens (tertiary/aromatic N) is 1. The van der Waals surface area contributed by atoms with Crippen molar-refractivity contribution in [1.82, 2.24) is 20.5 Å². The topological polar surface area (TPSA) is 82.8 Å². The van der Waals surface area contributed by atoms with Crippen LogP contribution in [0.4, 0.5) is 26.3 Å². The predicted molar refractivity (Wildman–Crippen MR) is 118 cm³/mol. The summed E-state index contributed by atoms with van der Waals surface area (Å²) in [4.78, 5) is 13.7. The largest absolute Gasteiger partial charge is 0.416 e. The van der Waals surface area contributed by atoms with Crippen molar-refractivity contribution >= 4 is 0 Å². The molecule has 6 nitrogen and oxygen atoms in total. The van der Waals surface area contributed by atoms with Gasteiger partial charge in [-0.05, 0) is 49.1 Å². The summed E-state index contributed by atoms with van der Waals surface area (Å²) in [6.07, 6.45) is -9.61. The molecule has 3 N–H and O–H groups in total. The van der Waals surface area contributed by atoms with E-state index < -0.39 is 40.7 Å². The van der Waals surface area contributed by atoms with E-state index in [0.29, 0.717) is 37.3 Å². The van der Waals surface area contributed by atoms with Crippen LogP contribution in [0.2, 0.25) is 0 Å². The van der Waals surface area contributed by atoms with Crippen LogP contribution in [0, 0.1) is 0 Å². The summed E-state index contributed by atoms with van der Waals surface area (Å²) >= 11 is 0. The Morgan fingerprint density at radius 3 is 2.19 bits per heavy atom. The lowest BCUT2D eigenvalue weighted by Gasteiger charge is -2.48. The second-order valence-corrected chi connectivity index (χ2v) is 9.05. The fraction of sp³-hybridized carbons (Fsp3) is 0.417. The number of hydrogen-bond donors (Lipinski definition) is 3. The van der Waals surface area contributed by atoms with Gasteiger partial charge in [0.05, 0.1) is 30.4 Å². The molecular formula is C24H24F6N4O2. The van der Waals surface area contributed by atoms with Crippen LogP contribution in [0.5, 0.6) is 0 Å². The first kappa shape index (κ1) is 26.0. The maximum atomic E-state index is 13.3. The van der Waals surface area contributed by atoms with Crippen LogP contribution in [0.15, 0.2) is 53.3 Å². The normalized spacial score (nSPS) is 21.2. The van der Waals surface area contributed by atoms with E-state index in [1.807, 2.05) is 30.3 Å². The first-order valence-electron chi connectivity index (χ1n) is 11.2. The van der Waals surface area contributed by atoms with Gasteiger partial charge in [0, 0.05) is 11.5 Å². The van der Waals surface area contributed by atoms with E-state index in [1.165, 1.54) is 6.92 Å². The zero-order valence-corrected chi connectivity index (χ0v) is 19.1. The molecule has 194 valence electrons. The molecule has 1 heterocycles. The molecule has 1 aromatic heterocycles. The maximum Gasteiger partial charge on any atom is 0.416 e. The molecule has 0 unspecified atom stereocenters. The van der Waals surface area contributed by atoms with E-state index in [4.69, 9.17) is 4.74 Å². The van der Waals surface area contributed by atoms with Gasteiger partial charge in [0.25, 0.3) is 0 Å². The SMILES string of the molecule is C[C@@H](OCC1(c2ccccc2)CC(NCc2n[nH]c(=O)[nH]2)C1)c1cc(C(F)(F)F)cc(C(F)(F)F)c1. The smallest absolute Gasteiger partial charge is 0.373 e. The molecule has 0 amide bonds. The first-order chi connectivity index (χ1) is 16.9. The zero-order valence-electron chi connectivity index (χ0n) is 19.1. The van der Waals surface area contributed by atoms with Gasteiger partial charge in [-0.1, -0.05) is 30.3 Å². The molecule has 1 saturated carbocycles. The molecule has 1 atom stereocenters. The summed E-state index contributed by atoms with van der Waals surface area (Å²) in [6.45, 7) is 1.87. The molecule has 0 bridgehead atoms. The third-order valence-corrected chi connectivity index (χ3v) is 6.46. The highest BCUT2D eigenvalue weighted by Crippen LogP contribution is 2.45. The summed E-state index contributed by atoms with van der Waals surface area (Å²) in [5.74, 6) is 0.451.